The summed E-state index contributed by atoms with van der Waals surface area (Å²) in [6, 6.07) is 3.01. The zero-order valence-electron chi connectivity index (χ0n) is 8.62. The van der Waals surface area contributed by atoms with Gasteiger partial charge in [-0.1, -0.05) is 0 Å². The van der Waals surface area contributed by atoms with Gasteiger partial charge in [0.05, 0.1) is 0 Å². The Balaban J connectivity index is 2.95. The quantitative estimate of drug-likeness (QED) is 0.570. The van der Waals surface area contributed by atoms with Gasteiger partial charge in [0, 0.05) is 13.0 Å². The van der Waals surface area contributed by atoms with Gasteiger partial charge in [0.15, 0.2) is 18.4 Å². The molecule has 0 unspecified atom stereocenters. The van der Waals surface area contributed by atoms with Crippen LogP contribution in [0.25, 0.3) is 0 Å². The highest BCUT2D eigenvalue weighted by molar-refractivity contribution is 7.85. The molecule has 88 valence electrons. The second kappa shape index (κ2) is 4.58. The molecule has 6 nitrogen and oxygen atoms in total. The van der Waals surface area contributed by atoms with E-state index in [1.54, 1.807) is 13.0 Å². The van der Waals surface area contributed by atoms with Crippen molar-refractivity contribution in [1.82, 2.24) is 0 Å². The summed E-state index contributed by atoms with van der Waals surface area (Å²) in [4.78, 5) is 10.7. The zero-order chi connectivity index (χ0) is 12.3. The molecule has 7 heteroatoms. The molecule has 0 radical (unpaired) electrons. The molecule has 0 aliphatic carbocycles. The van der Waals surface area contributed by atoms with E-state index in [2.05, 4.69) is 0 Å². The van der Waals surface area contributed by atoms with E-state index in [0.29, 0.717) is 5.69 Å². The molecule has 0 saturated heterocycles. The van der Waals surface area contributed by atoms with Crippen LogP contribution < -0.4 is 4.57 Å². The maximum Gasteiger partial charge on any atom is 0.341 e. The summed E-state index contributed by atoms with van der Waals surface area (Å²) in [5.74, 6) is -1.53. The number of carboxylic acid groups (broad SMARTS) is 1. The summed E-state index contributed by atoms with van der Waals surface area (Å²) in [5.41, 5.74) is 0.787. The molecule has 0 aromatic carbocycles. The minimum Gasteiger partial charge on any atom is -0.477 e. The molecule has 0 bridgehead atoms. The van der Waals surface area contributed by atoms with E-state index in [-0.39, 0.29) is 12.1 Å². The topological polar surface area (TPSA) is 95.5 Å². The second-order valence-corrected chi connectivity index (χ2v) is 4.92. The number of pyridine rings is 1. The first-order valence-electron chi connectivity index (χ1n) is 4.48. The molecule has 1 aromatic rings. The van der Waals surface area contributed by atoms with Gasteiger partial charge in [-0.05, 0) is 6.07 Å². The van der Waals surface area contributed by atoms with E-state index in [1.165, 1.54) is 16.8 Å². The maximum absolute atomic E-state index is 10.7. The van der Waals surface area contributed by atoms with Gasteiger partial charge in [-0.3, -0.25) is 4.55 Å². The van der Waals surface area contributed by atoms with Gasteiger partial charge in [0.1, 0.15) is 11.3 Å². The first kappa shape index (κ1) is 12.6. The lowest BCUT2D eigenvalue weighted by Crippen LogP contribution is -2.40. The third-order valence-electron chi connectivity index (χ3n) is 2.09. The van der Waals surface area contributed by atoms with Gasteiger partial charge in [-0.15, -0.1) is 0 Å². The fourth-order valence-electron chi connectivity index (χ4n) is 1.20. The average Bonchev–Trinajstić information content (AvgIpc) is 2.14. The van der Waals surface area contributed by atoms with Gasteiger partial charge in [0.25, 0.3) is 10.1 Å². The van der Waals surface area contributed by atoms with Crippen molar-refractivity contribution in [2.75, 3.05) is 5.75 Å². The Bertz CT molecular complexity index is 509. The van der Waals surface area contributed by atoms with E-state index < -0.39 is 21.8 Å². The van der Waals surface area contributed by atoms with Crippen molar-refractivity contribution in [1.29, 1.82) is 0 Å². The predicted molar refractivity (Wildman–Crippen MR) is 54.7 cm³/mol. The van der Waals surface area contributed by atoms with Crippen LogP contribution in [0.1, 0.15) is 16.1 Å². The van der Waals surface area contributed by atoms with E-state index in [1.807, 2.05) is 0 Å². The van der Waals surface area contributed by atoms with Crippen molar-refractivity contribution in [3.63, 3.8) is 0 Å². The first-order chi connectivity index (χ1) is 7.29. The number of nitrogens with zero attached hydrogens (tertiary/aromatic N) is 1. The summed E-state index contributed by atoms with van der Waals surface area (Å²) < 4.78 is 31.2. The highest BCUT2D eigenvalue weighted by Crippen LogP contribution is 1.98. The zero-order valence-corrected chi connectivity index (χ0v) is 9.44. The number of carbonyl (C=O) groups is 1. The van der Waals surface area contributed by atoms with E-state index in [9.17, 15) is 13.2 Å². The SMILES string of the molecule is Cc1ccc(C(=O)O)c[n+]1CCS(=O)(=O)O. The highest BCUT2D eigenvalue weighted by atomic mass is 32.2. The van der Waals surface area contributed by atoms with Crippen LogP contribution in [0.15, 0.2) is 18.3 Å². The number of aromatic carboxylic acids is 1. The van der Waals surface area contributed by atoms with Crippen molar-refractivity contribution in [3.05, 3.63) is 29.6 Å². The monoisotopic (exact) mass is 246 g/mol. The summed E-state index contributed by atoms with van der Waals surface area (Å²) in [7, 11) is -4.04. The predicted octanol–water partition coefficient (Wildman–Crippen LogP) is -0.131. The molecule has 0 aliphatic rings. The molecule has 2 N–H and O–H groups in total. The lowest BCUT2D eigenvalue weighted by molar-refractivity contribution is -0.698. The molecule has 1 heterocycles. The third-order valence-corrected chi connectivity index (χ3v) is 2.79. The molecule has 1 rings (SSSR count). The van der Waals surface area contributed by atoms with Gasteiger partial charge in [0.2, 0.25) is 0 Å². The molecular formula is C9H12NO5S+. The summed E-state index contributed by atoms with van der Waals surface area (Å²) in [6.07, 6.45) is 1.34. The lowest BCUT2D eigenvalue weighted by atomic mass is 10.2. The Morgan fingerprint density at radius 2 is 2.06 bits per heavy atom. The number of hydrogen-bond acceptors (Lipinski definition) is 3. The van der Waals surface area contributed by atoms with E-state index in [4.69, 9.17) is 9.66 Å². The van der Waals surface area contributed by atoms with Crippen LogP contribution in [0.2, 0.25) is 0 Å². The van der Waals surface area contributed by atoms with Crippen LogP contribution >= 0.6 is 0 Å². The first-order valence-corrected chi connectivity index (χ1v) is 6.09. The van der Waals surface area contributed by atoms with Gasteiger partial charge >= 0.3 is 5.97 Å². The standard InChI is InChI=1S/C9H11NO5S/c1-7-2-3-8(9(11)12)6-10(7)4-5-16(13,14)15/h2-3,6H,4-5H2,1H3,(H-,11,12,13,14,15)/p+1. The van der Waals surface area contributed by atoms with E-state index >= 15 is 0 Å². The Morgan fingerprint density at radius 1 is 1.44 bits per heavy atom. The molecule has 0 saturated carbocycles. The van der Waals surface area contributed by atoms with Crippen molar-refractivity contribution in [3.8, 4) is 0 Å². The molecule has 0 fully saturated rings. The van der Waals surface area contributed by atoms with Crippen molar-refractivity contribution >= 4 is 16.1 Å². The molecular weight excluding hydrogens is 234 g/mol. The molecule has 1 aromatic heterocycles. The minimum absolute atomic E-state index is 0.0196. The van der Waals surface area contributed by atoms with E-state index in [0.717, 1.165) is 0 Å². The Kier molecular flexibility index (Phi) is 3.61. The number of rotatable bonds is 4. The fourth-order valence-corrected chi connectivity index (χ4v) is 1.63. The minimum atomic E-state index is -4.04. The summed E-state index contributed by atoms with van der Waals surface area (Å²) in [5, 5.41) is 8.75. The van der Waals surface area contributed by atoms with Crippen LogP contribution in [-0.4, -0.2) is 29.8 Å². The van der Waals surface area contributed by atoms with Crippen LogP contribution in [-0.2, 0) is 16.7 Å². The van der Waals surface area contributed by atoms with Gasteiger partial charge < -0.3 is 5.11 Å². The number of aromatic nitrogens is 1. The normalized spacial score (nSPS) is 11.4. The average molecular weight is 246 g/mol. The number of hydrogen-bond donors (Lipinski definition) is 2. The summed E-state index contributed by atoms with van der Waals surface area (Å²) >= 11 is 0. The van der Waals surface area contributed by atoms with Crippen LogP contribution in [0.5, 0.6) is 0 Å². The smallest absolute Gasteiger partial charge is 0.341 e. The summed E-state index contributed by atoms with van der Waals surface area (Å²) in [6.45, 7) is 1.74. The largest absolute Gasteiger partial charge is 0.477 e. The van der Waals surface area contributed by atoms with Crippen LogP contribution in [0.4, 0.5) is 0 Å². The van der Waals surface area contributed by atoms with Gasteiger partial charge in [-0.2, -0.15) is 8.42 Å². The Morgan fingerprint density at radius 3 is 2.56 bits per heavy atom. The van der Waals surface area contributed by atoms with Crippen LogP contribution in [0, 0.1) is 6.92 Å². The Labute approximate surface area is 92.9 Å². The third kappa shape index (κ3) is 3.59. The van der Waals surface area contributed by atoms with Crippen molar-refractivity contribution in [2.45, 2.75) is 13.5 Å². The molecule has 0 spiro atoms. The van der Waals surface area contributed by atoms with Gasteiger partial charge in [-0.25, -0.2) is 9.36 Å². The second-order valence-electron chi connectivity index (χ2n) is 3.34. The number of aryl methyl sites for hydroxylation is 2. The maximum atomic E-state index is 10.7. The molecule has 16 heavy (non-hydrogen) atoms. The Hall–Kier alpha value is -1.47. The van der Waals surface area contributed by atoms with Crippen molar-refractivity contribution < 1.29 is 27.4 Å². The van der Waals surface area contributed by atoms with Crippen LogP contribution in [0.3, 0.4) is 0 Å². The molecule has 0 amide bonds. The highest BCUT2D eigenvalue weighted by Gasteiger charge is 2.15. The molecule has 0 aliphatic heterocycles. The molecule has 0 atom stereocenters. The van der Waals surface area contributed by atoms with Crippen molar-refractivity contribution in [2.24, 2.45) is 0 Å². The lowest BCUT2D eigenvalue weighted by Gasteiger charge is -2.00. The fraction of sp³-hybridized carbons (Fsp3) is 0.333. The number of carboxylic acids is 1.